The van der Waals surface area contributed by atoms with Crippen LogP contribution in [0.3, 0.4) is 0 Å². The zero-order valence-electron chi connectivity index (χ0n) is 20.4. The zero-order valence-corrected chi connectivity index (χ0v) is 21.3. The molecule has 0 amide bonds. The van der Waals surface area contributed by atoms with Crippen LogP contribution < -0.4 is 4.90 Å². The molecule has 0 bridgehead atoms. The summed E-state index contributed by atoms with van der Waals surface area (Å²) in [4.78, 5) is 28.8. The van der Waals surface area contributed by atoms with Crippen LogP contribution in [0.5, 0.6) is 0 Å². The molecule has 0 aliphatic carbocycles. The molecule has 0 radical (unpaired) electrons. The maximum atomic E-state index is 11.8. The predicted molar refractivity (Wildman–Crippen MR) is 137 cm³/mol. The van der Waals surface area contributed by atoms with Gasteiger partial charge in [-0.05, 0) is 62.6 Å². The van der Waals surface area contributed by atoms with E-state index in [2.05, 4.69) is 29.2 Å². The maximum absolute atomic E-state index is 11.8. The number of aromatic nitrogens is 3. The Kier molecular flexibility index (Phi) is 8.30. The molecule has 5 rings (SSSR count). The molecule has 1 fully saturated rings. The van der Waals surface area contributed by atoms with Crippen LogP contribution in [-0.2, 0) is 9.53 Å². The minimum Gasteiger partial charge on any atom is -0.475 e. The molecule has 0 spiro atoms. The minimum atomic E-state index is -5.08. The lowest BCUT2D eigenvalue weighted by Crippen LogP contribution is -2.29. The van der Waals surface area contributed by atoms with Gasteiger partial charge in [-0.1, -0.05) is 23.5 Å². The molecule has 0 atom stereocenters. The Labute approximate surface area is 220 Å². The van der Waals surface area contributed by atoms with Crippen molar-refractivity contribution < 1.29 is 32.6 Å². The number of aliphatic carboxylic acids is 1. The number of halogens is 3. The predicted octanol–water partition coefficient (Wildman–Crippen LogP) is 5.93. The molecule has 0 unspecified atom stereocenters. The number of carboxylic acid groups (broad SMARTS) is 1. The van der Waals surface area contributed by atoms with Crippen molar-refractivity contribution in [3.63, 3.8) is 0 Å². The second-order valence-electron chi connectivity index (χ2n) is 8.46. The molecule has 1 saturated heterocycles. The molecule has 4 aromatic rings. The van der Waals surface area contributed by atoms with Crippen LogP contribution >= 0.6 is 11.3 Å². The summed E-state index contributed by atoms with van der Waals surface area (Å²) >= 11 is 1.57. The minimum absolute atomic E-state index is 0.308. The van der Waals surface area contributed by atoms with E-state index in [9.17, 15) is 18.0 Å². The number of hydrogen-bond acceptors (Lipinski definition) is 7. The first-order chi connectivity index (χ1) is 18.2. The topological polar surface area (TPSA) is 97.0 Å². The number of imidazole rings is 1. The lowest BCUT2D eigenvalue weighted by atomic mass is 10.1. The van der Waals surface area contributed by atoms with Gasteiger partial charge in [-0.2, -0.15) is 18.3 Å². The van der Waals surface area contributed by atoms with Crippen LogP contribution in [0.25, 0.3) is 26.8 Å². The van der Waals surface area contributed by atoms with E-state index in [1.54, 1.807) is 30.4 Å². The summed E-state index contributed by atoms with van der Waals surface area (Å²) < 4.78 is 38.6. The van der Waals surface area contributed by atoms with Gasteiger partial charge in [-0.15, -0.1) is 0 Å². The third-order valence-corrected chi connectivity index (χ3v) is 6.78. The quantitative estimate of drug-likeness (QED) is 0.310. The first-order valence-electron chi connectivity index (χ1n) is 11.9. The second kappa shape index (κ2) is 11.6. The SMILES string of the molecule is CCOC(=O)c1ccc(-c2cn3nc(-c4ccc(N5CCCCC5)cc4)sc3n2)cc1.O=C(O)C(F)(F)F. The molecule has 3 heterocycles. The number of piperidine rings is 1. The van der Waals surface area contributed by atoms with Gasteiger partial charge in [0.05, 0.1) is 24.1 Å². The van der Waals surface area contributed by atoms with Gasteiger partial charge in [0.25, 0.3) is 0 Å². The molecule has 2 aromatic carbocycles. The highest BCUT2D eigenvalue weighted by Crippen LogP contribution is 2.30. The smallest absolute Gasteiger partial charge is 0.475 e. The van der Waals surface area contributed by atoms with Crippen molar-refractivity contribution in [3.8, 4) is 21.8 Å². The Balaban J connectivity index is 0.000000426. The Morgan fingerprint density at radius 2 is 1.61 bits per heavy atom. The molecule has 1 aliphatic heterocycles. The number of fused-ring (bicyclic) bond motifs is 1. The van der Waals surface area contributed by atoms with Gasteiger partial charge in [-0.25, -0.2) is 19.1 Å². The molecule has 12 heteroatoms. The summed E-state index contributed by atoms with van der Waals surface area (Å²) in [6, 6.07) is 16.0. The van der Waals surface area contributed by atoms with Crippen molar-refractivity contribution in [1.82, 2.24) is 14.6 Å². The van der Waals surface area contributed by atoms with Crippen LogP contribution in [0, 0.1) is 0 Å². The maximum Gasteiger partial charge on any atom is 0.490 e. The Bertz CT molecular complexity index is 1360. The van der Waals surface area contributed by atoms with Crippen molar-refractivity contribution in [3.05, 3.63) is 60.3 Å². The summed E-state index contributed by atoms with van der Waals surface area (Å²) in [5, 5.41) is 12.8. The lowest BCUT2D eigenvalue weighted by Gasteiger charge is -2.28. The molecule has 38 heavy (non-hydrogen) atoms. The highest BCUT2D eigenvalue weighted by Gasteiger charge is 2.38. The summed E-state index contributed by atoms with van der Waals surface area (Å²) in [6.07, 6.45) is 0.737. The summed E-state index contributed by atoms with van der Waals surface area (Å²) in [7, 11) is 0. The van der Waals surface area contributed by atoms with Crippen molar-refractivity contribution in [2.75, 3.05) is 24.6 Å². The fourth-order valence-electron chi connectivity index (χ4n) is 3.91. The van der Waals surface area contributed by atoms with Crippen molar-refractivity contribution >= 4 is 33.9 Å². The third-order valence-electron chi connectivity index (χ3n) is 5.81. The van der Waals surface area contributed by atoms with Gasteiger partial charge in [-0.3, -0.25) is 0 Å². The molecule has 1 aliphatic rings. The van der Waals surface area contributed by atoms with Crippen molar-refractivity contribution in [2.45, 2.75) is 32.4 Å². The van der Waals surface area contributed by atoms with Crippen LogP contribution in [0.4, 0.5) is 18.9 Å². The molecule has 1 N–H and O–H groups in total. The second-order valence-corrected chi connectivity index (χ2v) is 9.41. The lowest BCUT2D eigenvalue weighted by molar-refractivity contribution is -0.192. The van der Waals surface area contributed by atoms with Gasteiger partial charge in [0.15, 0.2) is 0 Å². The molecular formula is C26H25F3N4O4S. The number of esters is 1. The number of benzene rings is 2. The average Bonchev–Trinajstić information content (AvgIpc) is 3.49. The fourth-order valence-corrected chi connectivity index (χ4v) is 4.80. The third kappa shape index (κ3) is 6.49. The standard InChI is InChI=1S/C24H24N4O2S.C2HF3O2/c1-2-30-23(29)19-8-6-17(7-9-19)21-16-28-24(25-21)31-22(26-28)18-10-12-20(13-11-18)27-14-4-3-5-15-27;3-2(4,5)1(6)7/h6-13,16H,2-5,14-15H2,1H3;(H,6,7). The number of hydrogen-bond donors (Lipinski definition) is 1. The van der Waals surface area contributed by atoms with Crippen LogP contribution in [-0.4, -0.2) is 57.5 Å². The number of carbonyl (C=O) groups excluding carboxylic acids is 1. The summed E-state index contributed by atoms with van der Waals surface area (Å²) in [5.41, 5.74) is 4.72. The monoisotopic (exact) mass is 546 g/mol. The largest absolute Gasteiger partial charge is 0.490 e. The van der Waals surface area contributed by atoms with Crippen LogP contribution in [0.1, 0.15) is 36.5 Å². The number of nitrogens with zero attached hydrogens (tertiary/aromatic N) is 4. The van der Waals surface area contributed by atoms with Crippen LogP contribution in [0.2, 0.25) is 0 Å². The van der Waals surface area contributed by atoms with E-state index >= 15 is 0 Å². The average molecular weight is 547 g/mol. The first kappa shape index (κ1) is 27.1. The first-order valence-corrected chi connectivity index (χ1v) is 12.8. The molecular weight excluding hydrogens is 521 g/mol. The van der Waals surface area contributed by atoms with Gasteiger partial charge in [0.1, 0.15) is 5.01 Å². The normalized spacial score (nSPS) is 13.6. The number of ether oxygens (including phenoxy) is 1. The van der Waals surface area contributed by atoms with Gasteiger partial charge >= 0.3 is 18.1 Å². The highest BCUT2D eigenvalue weighted by atomic mass is 32.1. The number of rotatable bonds is 5. The molecule has 8 nitrogen and oxygen atoms in total. The Morgan fingerprint density at radius 3 is 2.16 bits per heavy atom. The van der Waals surface area contributed by atoms with E-state index in [4.69, 9.17) is 24.7 Å². The fraction of sp³-hybridized carbons (Fsp3) is 0.308. The van der Waals surface area contributed by atoms with Crippen molar-refractivity contribution in [1.29, 1.82) is 0 Å². The zero-order chi connectivity index (χ0) is 27.3. The molecule has 200 valence electrons. The van der Waals surface area contributed by atoms with E-state index in [0.717, 1.165) is 39.9 Å². The summed E-state index contributed by atoms with van der Waals surface area (Å²) in [6.45, 7) is 4.46. The van der Waals surface area contributed by atoms with E-state index < -0.39 is 12.1 Å². The number of anilines is 1. The van der Waals surface area contributed by atoms with Crippen molar-refractivity contribution in [2.24, 2.45) is 0 Å². The molecule has 0 saturated carbocycles. The molecule has 2 aromatic heterocycles. The Morgan fingerprint density at radius 1 is 1.00 bits per heavy atom. The number of carboxylic acids is 1. The van der Waals surface area contributed by atoms with E-state index in [1.165, 1.54) is 24.9 Å². The number of alkyl halides is 3. The van der Waals surface area contributed by atoms with E-state index in [0.29, 0.717) is 12.2 Å². The van der Waals surface area contributed by atoms with E-state index in [-0.39, 0.29) is 5.97 Å². The Hall–Kier alpha value is -3.93. The van der Waals surface area contributed by atoms with Gasteiger partial charge < -0.3 is 14.7 Å². The van der Waals surface area contributed by atoms with Gasteiger partial charge in [0.2, 0.25) is 4.96 Å². The summed E-state index contributed by atoms with van der Waals surface area (Å²) in [5.74, 6) is -3.06. The van der Waals surface area contributed by atoms with Crippen LogP contribution in [0.15, 0.2) is 54.7 Å². The number of carbonyl (C=O) groups is 2. The highest BCUT2D eigenvalue weighted by molar-refractivity contribution is 7.19. The van der Waals surface area contributed by atoms with E-state index in [1.807, 2.05) is 22.8 Å². The van der Waals surface area contributed by atoms with Gasteiger partial charge in [0, 0.05) is 29.9 Å².